The summed E-state index contributed by atoms with van der Waals surface area (Å²) in [5, 5.41) is 3.60. The van der Waals surface area contributed by atoms with Crippen molar-refractivity contribution in [2.45, 2.75) is 24.3 Å². The maximum Gasteiger partial charge on any atom is 0.231 e. The number of hydrogen-bond donors (Lipinski definition) is 1. The highest BCUT2D eigenvalue weighted by molar-refractivity contribution is 5.81. The first-order chi connectivity index (χ1) is 12.8. The molecular formula is C22H22N2O2. The average molecular weight is 346 g/mol. The number of rotatable bonds is 1. The molecule has 0 amide bonds. The lowest BCUT2D eigenvalue weighted by molar-refractivity contribution is 0.174. The molecule has 4 aliphatic rings. The molecule has 0 unspecified atom stereocenters. The second-order valence-corrected chi connectivity index (χ2v) is 7.88. The van der Waals surface area contributed by atoms with Gasteiger partial charge >= 0.3 is 0 Å². The number of nitrogens with zero attached hydrogens (tertiary/aromatic N) is 1. The summed E-state index contributed by atoms with van der Waals surface area (Å²) in [5.41, 5.74) is 7.12. The van der Waals surface area contributed by atoms with Crippen LogP contribution in [0.2, 0.25) is 0 Å². The highest BCUT2D eigenvalue weighted by atomic mass is 16.7. The van der Waals surface area contributed by atoms with Crippen LogP contribution in [0.5, 0.6) is 11.5 Å². The van der Waals surface area contributed by atoms with E-state index in [0.29, 0.717) is 24.7 Å². The van der Waals surface area contributed by atoms with E-state index in [4.69, 9.17) is 9.47 Å². The van der Waals surface area contributed by atoms with Crippen molar-refractivity contribution in [1.29, 1.82) is 0 Å². The number of ether oxygens (including phenoxy) is 2. The van der Waals surface area contributed by atoms with Gasteiger partial charge in [-0.2, -0.15) is 0 Å². The molecule has 2 aromatic carbocycles. The van der Waals surface area contributed by atoms with Crippen LogP contribution in [0.4, 0.5) is 5.69 Å². The Bertz CT molecular complexity index is 936. The number of benzene rings is 2. The second kappa shape index (κ2) is 5.27. The number of hydrogen-bond acceptors (Lipinski definition) is 4. The molecule has 0 saturated carbocycles. The summed E-state index contributed by atoms with van der Waals surface area (Å²) in [4.78, 5) is 2.54. The monoisotopic (exact) mass is 346 g/mol. The minimum atomic E-state index is 0.330. The summed E-state index contributed by atoms with van der Waals surface area (Å²) >= 11 is 0. The van der Waals surface area contributed by atoms with Gasteiger partial charge in [0.2, 0.25) is 6.79 Å². The van der Waals surface area contributed by atoms with Crippen molar-refractivity contribution in [2.24, 2.45) is 0 Å². The van der Waals surface area contributed by atoms with Crippen molar-refractivity contribution in [3.05, 3.63) is 59.2 Å². The maximum atomic E-state index is 5.59. The minimum Gasteiger partial charge on any atom is -0.454 e. The molecule has 2 aromatic rings. The van der Waals surface area contributed by atoms with Gasteiger partial charge in [-0.05, 0) is 53.9 Å². The lowest BCUT2D eigenvalue weighted by Gasteiger charge is -2.42. The Morgan fingerprint density at radius 2 is 2.04 bits per heavy atom. The van der Waals surface area contributed by atoms with Crippen LogP contribution in [-0.2, 0) is 0 Å². The molecular weight excluding hydrogens is 324 g/mol. The van der Waals surface area contributed by atoms with E-state index in [-0.39, 0.29) is 0 Å². The lowest BCUT2D eigenvalue weighted by atomic mass is 9.74. The van der Waals surface area contributed by atoms with Crippen LogP contribution in [0, 0.1) is 0 Å². The Morgan fingerprint density at radius 3 is 3.00 bits per heavy atom. The number of fused-ring (bicyclic) bond motifs is 3. The van der Waals surface area contributed by atoms with Gasteiger partial charge in [-0.1, -0.05) is 24.3 Å². The molecule has 4 heteroatoms. The smallest absolute Gasteiger partial charge is 0.231 e. The fourth-order valence-electron chi connectivity index (χ4n) is 5.19. The third-order valence-corrected chi connectivity index (χ3v) is 6.45. The zero-order valence-electron chi connectivity index (χ0n) is 14.9. The molecule has 3 aliphatic heterocycles. The molecule has 26 heavy (non-hydrogen) atoms. The van der Waals surface area contributed by atoms with Crippen molar-refractivity contribution in [1.82, 2.24) is 4.90 Å². The highest BCUT2D eigenvalue weighted by Gasteiger charge is 2.39. The van der Waals surface area contributed by atoms with Crippen molar-refractivity contribution in [3.8, 4) is 11.5 Å². The molecule has 0 aromatic heterocycles. The van der Waals surface area contributed by atoms with Crippen LogP contribution in [0.3, 0.4) is 0 Å². The van der Waals surface area contributed by atoms with Gasteiger partial charge in [-0.3, -0.25) is 4.90 Å². The summed E-state index contributed by atoms with van der Waals surface area (Å²) in [5.74, 6) is 2.76. The molecule has 1 aliphatic carbocycles. The van der Waals surface area contributed by atoms with Crippen LogP contribution < -0.4 is 14.8 Å². The van der Waals surface area contributed by atoms with Gasteiger partial charge in [-0.15, -0.1) is 0 Å². The molecule has 4 nitrogen and oxygen atoms in total. The van der Waals surface area contributed by atoms with Crippen LogP contribution in [0.1, 0.15) is 34.9 Å². The predicted molar refractivity (Wildman–Crippen MR) is 102 cm³/mol. The maximum absolute atomic E-state index is 5.59. The molecule has 0 spiro atoms. The zero-order chi connectivity index (χ0) is 17.3. The third kappa shape index (κ3) is 1.99. The molecule has 6 rings (SSSR count). The first kappa shape index (κ1) is 14.7. The Labute approximate surface area is 153 Å². The van der Waals surface area contributed by atoms with E-state index in [1.54, 1.807) is 0 Å². The van der Waals surface area contributed by atoms with E-state index < -0.39 is 0 Å². The Balaban J connectivity index is 1.46. The van der Waals surface area contributed by atoms with Gasteiger partial charge in [0.15, 0.2) is 11.5 Å². The third-order valence-electron chi connectivity index (χ3n) is 6.45. The van der Waals surface area contributed by atoms with E-state index in [2.05, 4.69) is 53.7 Å². The predicted octanol–water partition coefficient (Wildman–Crippen LogP) is 3.81. The topological polar surface area (TPSA) is 33.7 Å². The summed E-state index contributed by atoms with van der Waals surface area (Å²) in [6, 6.07) is 13.6. The molecule has 3 atom stereocenters. The van der Waals surface area contributed by atoms with E-state index in [9.17, 15) is 0 Å². The normalized spacial score (nSPS) is 28.2. The van der Waals surface area contributed by atoms with Crippen molar-refractivity contribution in [2.75, 3.05) is 32.2 Å². The summed E-state index contributed by atoms with van der Waals surface area (Å²) < 4.78 is 11.1. The lowest BCUT2D eigenvalue weighted by Crippen LogP contribution is -2.42. The minimum absolute atomic E-state index is 0.330. The van der Waals surface area contributed by atoms with Crippen molar-refractivity contribution >= 4 is 11.3 Å². The molecule has 1 N–H and O–H groups in total. The molecule has 132 valence electrons. The SMILES string of the molecule is CN1C[C@@H](c2ccc3c(c2)OCO3)C=C2c3cccc4c3[C@@H](CN4)C[C@H]21. The summed E-state index contributed by atoms with van der Waals surface area (Å²) in [6.45, 7) is 2.45. The fraction of sp³-hybridized carbons (Fsp3) is 0.364. The van der Waals surface area contributed by atoms with E-state index in [1.165, 1.54) is 34.4 Å². The van der Waals surface area contributed by atoms with E-state index >= 15 is 0 Å². The molecule has 3 heterocycles. The largest absolute Gasteiger partial charge is 0.454 e. The molecule has 0 fully saturated rings. The number of likely N-dealkylation sites (N-methyl/N-ethyl adjacent to an activating group) is 1. The Morgan fingerprint density at radius 1 is 1.12 bits per heavy atom. The van der Waals surface area contributed by atoms with Gasteiger partial charge in [0.25, 0.3) is 0 Å². The fourth-order valence-corrected chi connectivity index (χ4v) is 5.19. The van der Waals surface area contributed by atoms with Gasteiger partial charge in [0.05, 0.1) is 0 Å². The van der Waals surface area contributed by atoms with Gasteiger partial charge < -0.3 is 14.8 Å². The van der Waals surface area contributed by atoms with Gasteiger partial charge in [0.1, 0.15) is 0 Å². The molecule has 0 saturated heterocycles. The van der Waals surface area contributed by atoms with Crippen molar-refractivity contribution < 1.29 is 9.47 Å². The Kier molecular flexibility index (Phi) is 2.98. The molecule has 0 radical (unpaired) electrons. The summed E-state index contributed by atoms with van der Waals surface area (Å²) in [6.07, 6.45) is 3.72. The van der Waals surface area contributed by atoms with Gasteiger partial charge in [0, 0.05) is 36.7 Å². The highest BCUT2D eigenvalue weighted by Crippen LogP contribution is 2.49. The summed E-state index contributed by atoms with van der Waals surface area (Å²) in [7, 11) is 2.27. The van der Waals surface area contributed by atoms with Crippen LogP contribution in [0.15, 0.2) is 42.5 Å². The number of anilines is 1. The molecule has 0 bridgehead atoms. The van der Waals surface area contributed by atoms with Gasteiger partial charge in [-0.25, -0.2) is 0 Å². The standard InChI is InChI=1S/C22H22N2O2/c1-24-11-15(13-5-6-20-21(9-13)26-12-25-20)7-17-16-3-2-4-18-22(16)14(10-23-18)8-19(17)24/h2-7,9,14-15,19,23H,8,10-12H2,1H3/t14-,15+,19-/m1/s1. The van der Waals surface area contributed by atoms with Crippen molar-refractivity contribution in [3.63, 3.8) is 0 Å². The van der Waals surface area contributed by atoms with Crippen LogP contribution in [-0.4, -0.2) is 37.9 Å². The zero-order valence-corrected chi connectivity index (χ0v) is 14.9. The first-order valence-electron chi connectivity index (χ1n) is 9.46. The average Bonchev–Trinajstić information content (AvgIpc) is 3.30. The van der Waals surface area contributed by atoms with E-state index in [1.807, 2.05) is 6.07 Å². The second-order valence-electron chi connectivity index (χ2n) is 7.88. The first-order valence-corrected chi connectivity index (χ1v) is 9.46. The van der Waals surface area contributed by atoms with E-state index in [0.717, 1.165) is 24.6 Å². The Hall–Kier alpha value is -2.46. The number of nitrogens with one attached hydrogen (secondary N) is 1. The van der Waals surface area contributed by atoms with Crippen LogP contribution in [0.25, 0.3) is 5.57 Å². The quantitative estimate of drug-likeness (QED) is 0.851. The van der Waals surface area contributed by atoms with Crippen LogP contribution >= 0.6 is 0 Å².